The monoisotopic (exact) mass is 423 g/mol. The molecule has 4 rings (SSSR count). The number of rotatable bonds is 7. The topological polar surface area (TPSA) is 65.4 Å². The van der Waals surface area contributed by atoms with E-state index in [4.69, 9.17) is 9.47 Å². The Hall–Kier alpha value is -2.71. The van der Waals surface area contributed by atoms with Gasteiger partial charge in [-0.15, -0.1) is 0 Å². The number of alkyl halides is 3. The Bertz CT molecular complexity index is 949. The molecule has 2 heterocycles. The molecule has 0 saturated heterocycles. The van der Waals surface area contributed by atoms with E-state index in [9.17, 15) is 18.0 Å². The minimum absolute atomic E-state index is 0.122. The highest BCUT2D eigenvalue weighted by Crippen LogP contribution is 2.42. The summed E-state index contributed by atoms with van der Waals surface area (Å²) in [6, 6.07) is 6.68. The maximum atomic E-state index is 12.9. The number of fused-ring (bicyclic) bond motifs is 1. The van der Waals surface area contributed by atoms with Gasteiger partial charge in [0.1, 0.15) is 5.60 Å². The number of aromatic nitrogens is 2. The molecule has 1 fully saturated rings. The van der Waals surface area contributed by atoms with Gasteiger partial charge in [0.05, 0.1) is 6.54 Å². The third-order valence-electron chi connectivity index (χ3n) is 5.16. The fraction of sp³-hybridized carbons (Fsp3) is 0.524. The molecule has 0 unspecified atom stereocenters. The van der Waals surface area contributed by atoms with E-state index in [1.807, 2.05) is 26.0 Å². The second-order valence-electron chi connectivity index (χ2n) is 8.37. The van der Waals surface area contributed by atoms with Gasteiger partial charge in [-0.3, -0.25) is 9.48 Å². The molecule has 1 aromatic heterocycles. The summed E-state index contributed by atoms with van der Waals surface area (Å²) in [5.74, 6) is 0.921. The number of nitrogens with zero attached hydrogens (tertiary/aromatic N) is 2. The summed E-state index contributed by atoms with van der Waals surface area (Å²) in [7, 11) is 0. The molecule has 0 bridgehead atoms. The summed E-state index contributed by atoms with van der Waals surface area (Å²) in [4.78, 5) is 12.1. The maximum absolute atomic E-state index is 12.9. The average molecular weight is 423 g/mol. The lowest BCUT2D eigenvalue weighted by molar-refractivity contribution is -0.141. The number of para-hydroxylation sites is 1. The van der Waals surface area contributed by atoms with Crippen LogP contribution in [-0.4, -0.2) is 34.4 Å². The maximum Gasteiger partial charge on any atom is 0.435 e. The van der Waals surface area contributed by atoms with E-state index in [2.05, 4.69) is 10.4 Å². The number of amides is 1. The van der Waals surface area contributed by atoms with E-state index in [0.29, 0.717) is 17.2 Å². The molecule has 30 heavy (non-hydrogen) atoms. The van der Waals surface area contributed by atoms with Crippen LogP contribution in [0, 0.1) is 0 Å². The van der Waals surface area contributed by atoms with Crippen molar-refractivity contribution in [3.8, 4) is 11.5 Å². The highest BCUT2D eigenvalue weighted by atomic mass is 19.4. The molecule has 0 radical (unpaired) electrons. The molecule has 2 aliphatic rings. The molecule has 9 heteroatoms. The molecule has 0 spiro atoms. The summed E-state index contributed by atoms with van der Waals surface area (Å²) in [6.07, 6.45) is -1.98. The van der Waals surface area contributed by atoms with Crippen LogP contribution in [0.25, 0.3) is 0 Å². The number of benzene rings is 1. The summed E-state index contributed by atoms with van der Waals surface area (Å²) in [6.45, 7) is 4.10. The lowest BCUT2D eigenvalue weighted by Crippen LogP contribution is -2.32. The van der Waals surface area contributed by atoms with Gasteiger partial charge in [0, 0.05) is 30.1 Å². The molecule has 1 amide bonds. The van der Waals surface area contributed by atoms with Crippen LogP contribution in [0.1, 0.15) is 49.6 Å². The second kappa shape index (κ2) is 7.52. The Balaban J connectivity index is 1.30. The van der Waals surface area contributed by atoms with E-state index in [-0.39, 0.29) is 37.1 Å². The first-order valence-electron chi connectivity index (χ1n) is 9.98. The minimum atomic E-state index is -4.47. The van der Waals surface area contributed by atoms with Crippen LogP contribution >= 0.6 is 0 Å². The summed E-state index contributed by atoms with van der Waals surface area (Å²) in [5.41, 5.74) is 0.402. The largest absolute Gasteiger partial charge is 0.483 e. The minimum Gasteiger partial charge on any atom is -0.483 e. The van der Waals surface area contributed by atoms with Crippen molar-refractivity contribution in [2.45, 2.75) is 57.3 Å². The van der Waals surface area contributed by atoms with Crippen LogP contribution in [0.3, 0.4) is 0 Å². The van der Waals surface area contributed by atoms with Crippen molar-refractivity contribution in [1.29, 1.82) is 0 Å². The molecule has 0 atom stereocenters. The predicted molar refractivity (Wildman–Crippen MR) is 103 cm³/mol. The van der Waals surface area contributed by atoms with E-state index in [1.54, 1.807) is 6.07 Å². The molecule has 2 aromatic rings. The van der Waals surface area contributed by atoms with E-state index < -0.39 is 11.9 Å². The predicted octanol–water partition coefficient (Wildman–Crippen LogP) is 3.69. The van der Waals surface area contributed by atoms with Crippen molar-refractivity contribution >= 4 is 5.91 Å². The zero-order valence-corrected chi connectivity index (χ0v) is 16.9. The Morgan fingerprint density at radius 2 is 2.13 bits per heavy atom. The van der Waals surface area contributed by atoms with Crippen LogP contribution in [-0.2, 0) is 23.9 Å². The van der Waals surface area contributed by atoms with Gasteiger partial charge in [0.15, 0.2) is 23.8 Å². The van der Waals surface area contributed by atoms with Gasteiger partial charge < -0.3 is 14.8 Å². The third-order valence-corrected chi connectivity index (χ3v) is 5.16. The van der Waals surface area contributed by atoms with Gasteiger partial charge in [-0.25, -0.2) is 0 Å². The fourth-order valence-electron chi connectivity index (χ4n) is 3.65. The first kappa shape index (κ1) is 20.6. The first-order valence-corrected chi connectivity index (χ1v) is 9.98. The zero-order valence-electron chi connectivity index (χ0n) is 16.9. The Morgan fingerprint density at radius 1 is 1.37 bits per heavy atom. The number of carbonyl (C=O) groups is 1. The SMILES string of the molecule is CC1(C)Cc2cccc(OCC(=O)NCCn3nc(C(F)(F)F)cc3C3CC3)c2O1. The van der Waals surface area contributed by atoms with E-state index in [0.717, 1.165) is 30.9 Å². The quantitative estimate of drug-likeness (QED) is 0.738. The smallest absolute Gasteiger partial charge is 0.435 e. The second-order valence-corrected chi connectivity index (χ2v) is 8.37. The number of halogens is 3. The molecule has 1 aliphatic heterocycles. The van der Waals surface area contributed by atoms with E-state index in [1.165, 1.54) is 4.68 Å². The van der Waals surface area contributed by atoms with Crippen molar-refractivity contribution in [3.05, 3.63) is 41.2 Å². The van der Waals surface area contributed by atoms with Crippen LogP contribution in [0.2, 0.25) is 0 Å². The van der Waals surface area contributed by atoms with Crippen LogP contribution in [0.4, 0.5) is 13.2 Å². The number of hydrogen-bond acceptors (Lipinski definition) is 4. The number of nitrogens with one attached hydrogen (secondary N) is 1. The van der Waals surface area contributed by atoms with E-state index >= 15 is 0 Å². The van der Waals surface area contributed by atoms with Crippen molar-refractivity contribution in [3.63, 3.8) is 0 Å². The van der Waals surface area contributed by atoms with Crippen LogP contribution in [0.5, 0.6) is 11.5 Å². The molecule has 162 valence electrons. The summed E-state index contributed by atoms with van der Waals surface area (Å²) < 4.78 is 51.7. The highest BCUT2D eigenvalue weighted by Gasteiger charge is 2.37. The third kappa shape index (κ3) is 4.55. The fourth-order valence-corrected chi connectivity index (χ4v) is 3.65. The van der Waals surface area contributed by atoms with Crippen molar-refractivity contribution in [2.24, 2.45) is 0 Å². The standard InChI is InChI=1S/C21H24F3N3O3/c1-20(2)11-14-4-3-5-16(19(14)30-20)29-12-18(28)25-8-9-27-15(13-6-7-13)10-17(26-27)21(22,23)24/h3-5,10,13H,6-9,11-12H2,1-2H3,(H,25,28). The molecule has 1 aromatic carbocycles. The summed E-state index contributed by atoms with van der Waals surface area (Å²) in [5, 5.41) is 6.35. The Kier molecular flexibility index (Phi) is 5.15. The lowest BCUT2D eigenvalue weighted by atomic mass is 10.0. The Labute approximate surface area is 172 Å². The van der Waals surface area contributed by atoms with Crippen LogP contribution in [0.15, 0.2) is 24.3 Å². The van der Waals surface area contributed by atoms with Gasteiger partial charge in [-0.1, -0.05) is 12.1 Å². The van der Waals surface area contributed by atoms with Crippen molar-refractivity contribution in [1.82, 2.24) is 15.1 Å². The molecular weight excluding hydrogens is 399 g/mol. The summed E-state index contributed by atoms with van der Waals surface area (Å²) >= 11 is 0. The molecule has 1 saturated carbocycles. The normalized spacial score (nSPS) is 17.4. The van der Waals surface area contributed by atoms with Gasteiger partial charge in [-0.05, 0) is 38.8 Å². The van der Waals surface area contributed by atoms with Gasteiger partial charge in [0.2, 0.25) is 0 Å². The zero-order chi connectivity index (χ0) is 21.5. The van der Waals surface area contributed by atoms with Gasteiger partial charge in [-0.2, -0.15) is 18.3 Å². The number of carbonyl (C=O) groups excluding carboxylic acids is 1. The van der Waals surface area contributed by atoms with Crippen LogP contribution < -0.4 is 14.8 Å². The van der Waals surface area contributed by atoms with Crippen molar-refractivity contribution in [2.75, 3.05) is 13.2 Å². The molecule has 1 N–H and O–H groups in total. The van der Waals surface area contributed by atoms with Crippen molar-refractivity contribution < 1.29 is 27.4 Å². The highest BCUT2D eigenvalue weighted by molar-refractivity contribution is 5.77. The first-order chi connectivity index (χ1) is 14.1. The van der Waals surface area contributed by atoms with Gasteiger partial charge in [0.25, 0.3) is 5.91 Å². The number of hydrogen-bond donors (Lipinski definition) is 1. The molecule has 1 aliphatic carbocycles. The number of ether oxygens (including phenoxy) is 2. The molecular formula is C21H24F3N3O3. The van der Waals surface area contributed by atoms with Gasteiger partial charge >= 0.3 is 6.18 Å². The lowest BCUT2D eigenvalue weighted by Gasteiger charge is -2.18. The average Bonchev–Trinajstić information content (AvgIpc) is 3.31. The molecule has 6 nitrogen and oxygen atoms in total. The Morgan fingerprint density at radius 3 is 2.83 bits per heavy atom.